The zero-order chi connectivity index (χ0) is 29.0. The van der Waals surface area contributed by atoms with Gasteiger partial charge in [0.2, 0.25) is 5.91 Å². The number of carbonyl (C=O) groups is 2. The maximum absolute atomic E-state index is 11.3. The van der Waals surface area contributed by atoms with Crippen LogP contribution in [-0.2, 0) is 4.79 Å². The van der Waals surface area contributed by atoms with Gasteiger partial charge in [0.1, 0.15) is 4.32 Å². The second kappa shape index (κ2) is 11.8. The summed E-state index contributed by atoms with van der Waals surface area (Å²) in [5.41, 5.74) is 14.6. The number of alkyl halides is 1. The molecule has 2 aliphatic rings. The molecule has 0 aromatic carbocycles. The van der Waals surface area contributed by atoms with E-state index in [1.165, 1.54) is 0 Å². The molecule has 9 nitrogen and oxygen atoms in total. The first-order chi connectivity index (χ1) is 19.7. The molecule has 2 aliphatic heterocycles. The van der Waals surface area contributed by atoms with Gasteiger partial charge in [-0.15, -0.1) is 0 Å². The number of hydrogen-bond acceptors (Lipinski definition) is 4. The zero-order valence-electron chi connectivity index (χ0n) is 22.7. The van der Waals surface area contributed by atoms with Crippen molar-refractivity contribution in [3.05, 3.63) is 83.4 Å². The molecule has 0 unspecified atom stereocenters. The van der Waals surface area contributed by atoms with Crippen LogP contribution in [0.15, 0.2) is 60.7 Å². The molecule has 6 N–H and O–H groups in total. The van der Waals surface area contributed by atoms with Gasteiger partial charge in [0.25, 0.3) is 0 Å². The van der Waals surface area contributed by atoms with Crippen molar-refractivity contribution in [1.82, 2.24) is 30.2 Å². The number of nitrogens with two attached hydrogens (primary N) is 1. The maximum atomic E-state index is 11.3. The Morgan fingerprint density at radius 2 is 1.07 bits per heavy atom. The minimum atomic E-state index is -0.814. The maximum Gasteiger partial charge on any atom is 0.318 e. The van der Waals surface area contributed by atoms with E-state index in [0.29, 0.717) is 12.8 Å². The number of aromatic nitrogens is 5. The second-order valence-corrected chi connectivity index (χ2v) is 11.2. The molecule has 0 saturated heterocycles. The predicted octanol–water partition coefficient (Wildman–Crippen LogP) is 6.83. The highest BCUT2D eigenvalue weighted by Gasteiger charge is 2.32. The molecule has 6 rings (SSSR count). The molecule has 0 fully saturated rings. The predicted molar refractivity (Wildman–Crippen MR) is 169 cm³/mol. The molecule has 10 bridgehead atoms. The van der Waals surface area contributed by atoms with Crippen molar-refractivity contribution in [3.63, 3.8) is 0 Å². The monoisotopic (exact) mass is 611 g/mol. The van der Waals surface area contributed by atoms with Crippen LogP contribution >= 0.6 is 15.9 Å². The van der Waals surface area contributed by atoms with Gasteiger partial charge in [-0.2, -0.15) is 0 Å². The highest BCUT2D eigenvalue weighted by atomic mass is 79.9. The molecule has 208 valence electrons. The lowest BCUT2D eigenvalue weighted by atomic mass is 10.0. The SMILES string of the molecule is C1=Cc2nc1cc1ccc(cc3ccc(cc4ccc(cc5nc2C=C5)[nH]4)[nH]3)[nH]1.CCC(Br)(CC)C(=O)NC(N)=O. The van der Waals surface area contributed by atoms with Crippen molar-refractivity contribution in [1.29, 1.82) is 0 Å². The lowest BCUT2D eigenvalue weighted by Gasteiger charge is -2.21. The Kier molecular flexibility index (Phi) is 8.02. The third-order valence-electron chi connectivity index (χ3n) is 6.77. The van der Waals surface area contributed by atoms with Crippen molar-refractivity contribution in [2.75, 3.05) is 0 Å². The second-order valence-electron chi connectivity index (χ2n) is 9.69. The Hall–Kier alpha value is -4.70. The highest BCUT2D eigenvalue weighted by Crippen LogP contribution is 2.26. The van der Waals surface area contributed by atoms with Gasteiger partial charge < -0.3 is 20.7 Å². The number of halogens is 1. The van der Waals surface area contributed by atoms with Crippen molar-refractivity contribution < 1.29 is 9.59 Å². The van der Waals surface area contributed by atoms with E-state index in [9.17, 15) is 9.59 Å². The number of carbonyl (C=O) groups excluding carboxylic acids is 2. The van der Waals surface area contributed by atoms with Crippen LogP contribution in [0.2, 0.25) is 0 Å². The molecular weight excluding hydrogens is 582 g/mol. The summed E-state index contributed by atoms with van der Waals surface area (Å²) in [6, 6.07) is 19.9. The Morgan fingerprint density at radius 1 is 0.707 bits per heavy atom. The molecule has 10 heteroatoms. The van der Waals surface area contributed by atoms with Gasteiger partial charge in [-0.05, 0) is 97.8 Å². The number of aromatic amines is 3. The first kappa shape index (κ1) is 27.9. The molecular formula is C31H30BrN7O2. The standard InChI is InChI=1S/C24H17N5.C7H13BrN2O2/c1-2-16-12-18-4-6-20(27-18)14-22-8-10-24(29-22)23-9-7-21(28-23)13-19-5-3-17(26-19)11-15(1)25-16;1-3-7(8,4-2)5(11)10-6(9)12/h1-14,25-27H;3-4H2,1-2H3,(H3,9,10,11,12). The highest BCUT2D eigenvalue weighted by molar-refractivity contribution is 9.10. The summed E-state index contributed by atoms with van der Waals surface area (Å²) in [5, 5.41) is 2.04. The van der Waals surface area contributed by atoms with Gasteiger partial charge in [0.05, 0.1) is 22.8 Å². The molecule has 4 aromatic heterocycles. The van der Waals surface area contributed by atoms with E-state index in [1.807, 2.05) is 55.6 Å². The topological polar surface area (TPSA) is 145 Å². The van der Waals surface area contributed by atoms with Gasteiger partial charge in [0.15, 0.2) is 0 Å². The number of imide groups is 1. The summed E-state index contributed by atoms with van der Waals surface area (Å²) in [6.07, 6.45) is 9.27. The van der Waals surface area contributed by atoms with Crippen LogP contribution in [0.1, 0.15) is 49.5 Å². The van der Waals surface area contributed by atoms with E-state index in [0.717, 1.165) is 55.9 Å². The van der Waals surface area contributed by atoms with E-state index >= 15 is 0 Å². The van der Waals surface area contributed by atoms with Gasteiger partial charge >= 0.3 is 6.03 Å². The van der Waals surface area contributed by atoms with Gasteiger partial charge in [-0.1, -0.05) is 29.8 Å². The lowest BCUT2D eigenvalue weighted by Crippen LogP contribution is -2.46. The fraction of sp³-hybridized carbons (Fsp3) is 0.161. The van der Waals surface area contributed by atoms with Crippen LogP contribution in [0.3, 0.4) is 0 Å². The quantitative estimate of drug-likeness (QED) is 0.139. The molecule has 0 aliphatic carbocycles. The number of H-pyrrole nitrogens is 3. The number of amides is 3. The summed E-state index contributed by atoms with van der Waals surface area (Å²) in [4.78, 5) is 41.3. The summed E-state index contributed by atoms with van der Waals surface area (Å²) < 4.78 is -0.665. The Balaban J connectivity index is 0.000000241. The minimum absolute atomic E-state index is 0.375. The molecule has 3 amide bonds. The number of hydrogen-bond donors (Lipinski definition) is 5. The van der Waals surface area contributed by atoms with E-state index in [2.05, 4.69) is 79.4 Å². The van der Waals surface area contributed by atoms with E-state index in [1.54, 1.807) is 0 Å². The third kappa shape index (κ3) is 6.72. The average molecular weight is 613 g/mol. The van der Waals surface area contributed by atoms with Crippen LogP contribution in [0, 0.1) is 0 Å². The van der Waals surface area contributed by atoms with E-state index in [-0.39, 0.29) is 5.91 Å². The number of rotatable bonds is 3. The Labute approximate surface area is 244 Å². The molecule has 6 heterocycles. The Bertz CT molecular complexity index is 1760. The fourth-order valence-corrected chi connectivity index (χ4v) is 4.54. The minimum Gasteiger partial charge on any atom is -0.355 e. The van der Waals surface area contributed by atoms with Gasteiger partial charge in [-0.3, -0.25) is 10.1 Å². The largest absolute Gasteiger partial charge is 0.355 e. The molecule has 0 radical (unpaired) electrons. The number of primary amides is 1. The first-order valence-corrected chi connectivity index (χ1v) is 14.1. The number of nitrogens with one attached hydrogen (secondary N) is 4. The molecule has 0 saturated carbocycles. The van der Waals surface area contributed by atoms with E-state index < -0.39 is 10.4 Å². The summed E-state index contributed by atoms with van der Waals surface area (Å²) in [5.74, 6) is -0.375. The molecule has 4 aromatic rings. The van der Waals surface area contributed by atoms with Crippen molar-refractivity contribution in [3.8, 4) is 0 Å². The first-order valence-electron chi connectivity index (χ1n) is 13.3. The van der Waals surface area contributed by atoms with Crippen LogP contribution in [0.4, 0.5) is 4.79 Å². The summed E-state index contributed by atoms with van der Waals surface area (Å²) >= 11 is 3.26. The third-order valence-corrected chi connectivity index (χ3v) is 8.25. The van der Waals surface area contributed by atoms with Crippen molar-refractivity contribution in [2.24, 2.45) is 5.73 Å². The van der Waals surface area contributed by atoms with Crippen molar-refractivity contribution in [2.45, 2.75) is 31.0 Å². The lowest BCUT2D eigenvalue weighted by molar-refractivity contribution is -0.122. The molecule has 41 heavy (non-hydrogen) atoms. The molecule has 0 spiro atoms. The summed E-state index contributed by atoms with van der Waals surface area (Å²) in [6.45, 7) is 3.72. The van der Waals surface area contributed by atoms with Gasteiger partial charge in [0, 0.05) is 33.1 Å². The van der Waals surface area contributed by atoms with Crippen LogP contribution < -0.4 is 11.1 Å². The average Bonchev–Trinajstić information content (AvgIpc) is 3.77. The molecule has 0 atom stereocenters. The number of fused-ring (bicyclic) bond motifs is 11. The Morgan fingerprint density at radius 3 is 1.41 bits per heavy atom. The van der Waals surface area contributed by atoms with E-state index in [4.69, 9.17) is 15.7 Å². The normalized spacial score (nSPS) is 12.1. The van der Waals surface area contributed by atoms with Crippen LogP contribution in [-0.4, -0.2) is 41.2 Å². The fourth-order valence-electron chi connectivity index (χ4n) is 4.44. The van der Waals surface area contributed by atoms with Crippen molar-refractivity contribution >= 4 is 85.3 Å². The number of urea groups is 1. The summed E-state index contributed by atoms with van der Waals surface area (Å²) in [7, 11) is 0. The van der Waals surface area contributed by atoms with Gasteiger partial charge in [-0.25, -0.2) is 14.8 Å². The number of nitrogens with zero attached hydrogens (tertiary/aromatic N) is 2. The zero-order valence-corrected chi connectivity index (χ0v) is 24.2. The van der Waals surface area contributed by atoms with Crippen LogP contribution in [0.5, 0.6) is 0 Å². The smallest absolute Gasteiger partial charge is 0.318 e. The van der Waals surface area contributed by atoms with Crippen LogP contribution in [0.25, 0.3) is 57.4 Å².